The minimum absolute atomic E-state index is 0.114. The van der Waals surface area contributed by atoms with Crippen molar-refractivity contribution in [2.45, 2.75) is 51.6 Å². The van der Waals surface area contributed by atoms with Crippen molar-refractivity contribution in [3.8, 4) is 0 Å². The number of fused-ring (bicyclic) bond motifs is 1. The van der Waals surface area contributed by atoms with Gasteiger partial charge in [-0.2, -0.15) is 0 Å². The molecule has 88 valence electrons. The van der Waals surface area contributed by atoms with Gasteiger partial charge in [0.05, 0.1) is 0 Å². The molecule has 1 aromatic carbocycles. The molecule has 2 unspecified atom stereocenters. The molecule has 2 heteroatoms. The van der Waals surface area contributed by atoms with Crippen LogP contribution in [0.1, 0.15) is 50.3 Å². The summed E-state index contributed by atoms with van der Waals surface area (Å²) in [5.74, 6) is -0.114. The topological polar surface area (TPSA) is 12.0 Å². The summed E-state index contributed by atoms with van der Waals surface area (Å²) in [5.41, 5.74) is 2.49. The number of rotatable bonds is 3. The predicted molar refractivity (Wildman–Crippen MR) is 65.0 cm³/mol. The molecule has 0 bridgehead atoms. The summed E-state index contributed by atoms with van der Waals surface area (Å²) in [4.78, 5) is 0. The first-order valence-electron chi connectivity index (χ1n) is 6.25. The highest BCUT2D eigenvalue weighted by molar-refractivity contribution is 5.32. The Labute approximate surface area is 97.1 Å². The van der Waals surface area contributed by atoms with E-state index in [1.165, 1.54) is 17.5 Å². The van der Waals surface area contributed by atoms with Gasteiger partial charge < -0.3 is 5.32 Å². The van der Waals surface area contributed by atoms with E-state index in [4.69, 9.17) is 0 Å². The highest BCUT2D eigenvalue weighted by Crippen LogP contribution is 2.30. The van der Waals surface area contributed by atoms with Gasteiger partial charge >= 0.3 is 0 Å². The van der Waals surface area contributed by atoms with Crippen LogP contribution in [-0.4, -0.2) is 6.04 Å². The van der Waals surface area contributed by atoms with Gasteiger partial charge in [0.1, 0.15) is 5.82 Å². The average molecular weight is 221 g/mol. The lowest BCUT2D eigenvalue weighted by Crippen LogP contribution is -2.32. The largest absolute Gasteiger partial charge is 0.307 e. The van der Waals surface area contributed by atoms with Crippen LogP contribution in [0.4, 0.5) is 4.39 Å². The van der Waals surface area contributed by atoms with Crippen LogP contribution in [-0.2, 0) is 6.42 Å². The molecular formula is C14H20FN. The van der Waals surface area contributed by atoms with Crippen LogP contribution >= 0.6 is 0 Å². The van der Waals surface area contributed by atoms with Gasteiger partial charge in [0.15, 0.2) is 0 Å². The molecule has 1 N–H and O–H groups in total. The van der Waals surface area contributed by atoms with E-state index in [2.05, 4.69) is 19.2 Å². The third kappa shape index (κ3) is 2.43. The zero-order chi connectivity index (χ0) is 11.5. The number of aryl methyl sites for hydroxylation is 1. The fourth-order valence-electron chi connectivity index (χ4n) is 2.40. The van der Waals surface area contributed by atoms with Crippen LogP contribution in [0.15, 0.2) is 18.2 Å². The van der Waals surface area contributed by atoms with Gasteiger partial charge in [0, 0.05) is 12.1 Å². The Hall–Kier alpha value is -0.890. The van der Waals surface area contributed by atoms with E-state index in [0.717, 1.165) is 19.3 Å². The zero-order valence-corrected chi connectivity index (χ0v) is 10.1. The highest BCUT2D eigenvalue weighted by atomic mass is 19.1. The number of hydrogen-bond acceptors (Lipinski definition) is 1. The smallest absolute Gasteiger partial charge is 0.123 e. The molecule has 1 aromatic rings. The molecule has 0 saturated heterocycles. The maximum atomic E-state index is 13.3. The van der Waals surface area contributed by atoms with Crippen molar-refractivity contribution in [1.29, 1.82) is 0 Å². The monoisotopic (exact) mass is 221 g/mol. The summed E-state index contributed by atoms with van der Waals surface area (Å²) in [5, 5.41) is 3.59. The molecule has 1 aliphatic rings. The van der Waals surface area contributed by atoms with Crippen molar-refractivity contribution in [2.24, 2.45) is 0 Å². The minimum Gasteiger partial charge on any atom is -0.307 e. The van der Waals surface area contributed by atoms with Crippen molar-refractivity contribution < 1.29 is 4.39 Å². The summed E-state index contributed by atoms with van der Waals surface area (Å²) >= 11 is 0. The van der Waals surface area contributed by atoms with Crippen molar-refractivity contribution in [3.63, 3.8) is 0 Å². The van der Waals surface area contributed by atoms with Crippen LogP contribution in [0.25, 0.3) is 0 Å². The molecule has 2 rings (SSSR count). The quantitative estimate of drug-likeness (QED) is 0.822. The van der Waals surface area contributed by atoms with Crippen LogP contribution in [0.5, 0.6) is 0 Å². The molecular weight excluding hydrogens is 201 g/mol. The summed E-state index contributed by atoms with van der Waals surface area (Å²) in [6.45, 7) is 4.36. The maximum absolute atomic E-state index is 13.3. The average Bonchev–Trinajstić information content (AvgIpc) is 2.29. The van der Waals surface area contributed by atoms with E-state index in [0.29, 0.717) is 12.1 Å². The Morgan fingerprint density at radius 2 is 2.31 bits per heavy atom. The van der Waals surface area contributed by atoms with E-state index in [-0.39, 0.29) is 5.82 Å². The second-order valence-corrected chi connectivity index (χ2v) is 4.76. The van der Waals surface area contributed by atoms with Gasteiger partial charge in [0.2, 0.25) is 0 Å². The zero-order valence-electron chi connectivity index (χ0n) is 10.1. The third-order valence-corrected chi connectivity index (χ3v) is 3.52. The molecule has 0 radical (unpaired) electrons. The molecule has 1 aliphatic carbocycles. The Morgan fingerprint density at radius 3 is 3.06 bits per heavy atom. The van der Waals surface area contributed by atoms with Gasteiger partial charge in [-0.3, -0.25) is 0 Å². The Morgan fingerprint density at radius 1 is 1.50 bits per heavy atom. The van der Waals surface area contributed by atoms with E-state index < -0.39 is 0 Å². The number of halogens is 1. The molecule has 16 heavy (non-hydrogen) atoms. The first-order valence-corrected chi connectivity index (χ1v) is 6.25. The van der Waals surface area contributed by atoms with Gasteiger partial charge in [-0.15, -0.1) is 0 Å². The lowest BCUT2D eigenvalue weighted by Gasteiger charge is -2.29. The first-order chi connectivity index (χ1) is 7.70. The summed E-state index contributed by atoms with van der Waals surface area (Å²) in [6, 6.07) is 6.06. The van der Waals surface area contributed by atoms with Crippen LogP contribution in [0.2, 0.25) is 0 Å². The van der Waals surface area contributed by atoms with E-state index >= 15 is 0 Å². The first kappa shape index (κ1) is 11.6. The summed E-state index contributed by atoms with van der Waals surface area (Å²) in [6.07, 6.45) is 4.53. The molecule has 1 nitrogen and oxygen atoms in total. The molecule has 0 amide bonds. The Balaban J connectivity index is 2.21. The van der Waals surface area contributed by atoms with Crippen molar-refractivity contribution in [3.05, 3.63) is 35.1 Å². The maximum Gasteiger partial charge on any atom is 0.123 e. The molecule has 0 fully saturated rings. The van der Waals surface area contributed by atoms with E-state index in [1.54, 1.807) is 12.1 Å². The van der Waals surface area contributed by atoms with Gasteiger partial charge in [-0.1, -0.05) is 13.0 Å². The van der Waals surface area contributed by atoms with Crippen LogP contribution in [0, 0.1) is 5.82 Å². The van der Waals surface area contributed by atoms with Crippen molar-refractivity contribution in [2.75, 3.05) is 0 Å². The fourth-order valence-corrected chi connectivity index (χ4v) is 2.40. The number of hydrogen-bond donors (Lipinski definition) is 1. The lowest BCUT2D eigenvalue weighted by molar-refractivity contribution is 0.401. The molecule has 2 atom stereocenters. The normalized spacial score (nSPS) is 21.6. The van der Waals surface area contributed by atoms with Gasteiger partial charge in [0.25, 0.3) is 0 Å². The van der Waals surface area contributed by atoms with Gasteiger partial charge in [-0.05, 0) is 55.9 Å². The second kappa shape index (κ2) is 4.96. The molecule has 0 saturated carbocycles. The molecule has 0 heterocycles. The van der Waals surface area contributed by atoms with Gasteiger partial charge in [-0.25, -0.2) is 4.39 Å². The second-order valence-electron chi connectivity index (χ2n) is 4.76. The highest BCUT2D eigenvalue weighted by Gasteiger charge is 2.21. The standard InChI is InChI=1S/C14H20FN/c1-3-10(2)16-14-6-4-5-11-7-8-12(15)9-13(11)14/h7-10,14,16H,3-6H2,1-2H3. The molecule has 0 aromatic heterocycles. The Kier molecular flexibility index (Phi) is 3.59. The predicted octanol–water partition coefficient (Wildman–Crippen LogP) is 3.59. The Bertz CT molecular complexity index is 362. The summed E-state index contributed by atoms with van der Waals surface area (Å²) in [7, 11) is 0. The third-order valence-electron chi connectivity index (χ3n) is 3.52. The molecule has 0 aliphatic heterocycles. The van der Waals surface area contributed by atoms with Crippen LogP contribution in [0.3, 0.4) is 0 Å². The van der Waals surface area contributed by atoms with E-state index in [9.17, 15) is 4.39 Å². The van der Waals surface area contributed by atoms with Crippen molar-refractivity contribution in [1.82, 2.24) is 5.32 Å². The van der Waals surface area contributed by atoms with Crippen LogP contribution < -0.4 is 5.32 Å². The number of benzene rings is 1. The minimum atomic E-state index is -0.114. The number of nitrogens with one attached hydrogen (secondary N) is 1. The lowest BCUT2D eigenvalue weighted by atomic mass is 9.87. The van der Waals surface area contributed by atoms with E-state index in [1.807, 2.05) is 6.07 Å². The van der Waals surface area contributed by atoms with Crippen molar-refractivity contribution >= 4 is 0 Å². The SMILES string of the molecule is CCC(C)NC1CCCc2ccc(F)cc21. The fraction of sp³-hybridized carbons (Fsp3) is 0.571. The summed E-state index contributed by atoms with van der Waals surface area (Å²) < 4.78 is 13.3. The molecule has 0 spiro atoms.